The summed E-state index contributed by atoms with van der Waals surface area (Å²) in [4.78, 5) is 13.8. The lowest BCUT2D eigenvalue weighted by Gasteiger charge is -2.24. The molecule has 1 aliphatic rings. The monoisotopic (exact) mass is 335 g/mol. The number of rotatable bonds is 6. The first kappa shape index (κ1) is 20.1. The number of hydrogen-bond donors (Lipinski definition) is 2. The number of carbonyl (C=O) groups excluding carboxylic acids is 1. The SMILES string of the molecule is CCN1CCCC(NCC(F)(F)CNC(=O)OC(C)(C)C)CC1. The Hall–Kier alpha value is -0.950. The van der Waals surface area contributed by atoms with E-state index in [1.165, 1.54) is 0 Å². The van der Waals surface area contributed by atoms with Crippen molar-refractivity contribution in [3.05, 3.63) is 0 Å². The molecule has 2 N–H and O–H groups in total. The van der Waals surface area contributed by atoms with Crippen LogP contribution in [0.2, 0.25) is 0 Å². The molecule has 0 spiro atoms. The molecule has 23 heavy (non-hydrogen) atoms. The number of alkyl carbamates (subject to hydrolysis) is 1. The molecule has 5 nitrogen and oxygen atoms in total. The van der Waals surface area contributed by atoms with Crippen LogP contribution in [0.4, 0.5) is 13.6 Å². The van der Waals surface area contributed by atoms with Gasteiger partial charge in [-0.3, -0.25) is 0 Å². The number of ether oxygens (including phenoxy) is 1. The lowest BCUT2D eigenvalue weighted by Crippen LogP contribution is -2.47. The van der Waals surface area contributed by atoms with Crippen LogP contribution in [0.25, 0.3) is 0 Å². The molecule has 1 atom stereocenters. The van der Waals surface area contributed by atoms with Crippen molar-refractivity contribution in [3.8, 4) is 0 Å². The van der Waals surface area contributed by atoms with Crippen LogP contribution in [0.3, 0.4) is 0 Å². The molecule has 0 aromatic carbocycles. The molecule has 1 aliphatic heterocycles. The number of nitrogens with one attached hydrogen (secondary N) is 2. The topological polar surface area (TPSA) is 53.6 Å². The minimum absolute atomic E-state index is 0.110. The molecule has 0 aliphatic carbocycles. The fourth-order valence-electron chi connectivity index (χ4n) is 2.55. The second kappa shape index (κ2) is 8.78. The van der Waals surface area contributed by atoms with Gasteiger partial charge in [0.1, 0.15) is 5.60 Å². The highest BCUT2D eigenvalue weighted by Crippen LogP contribution is 2.15. The van der Waals surface area contributed by atoms with Gasteiger partial charge in [-0.2, -0.15) is 0 Å². The third kappa shape index (κ3) is 9.05. The van der Waals surface area contributed by atoms with E-state index in [1.54, 1.807) is 20.8 Å². The van der Waals surface area contributed by atoms with Crippen molar-refractivity contribution in [2.24, 2.45) is 0 Å². The maximum Gasteiger partial charge on any atom is 0.407 e. The smallest absolute Gasteiger partial charge is 0.407 e. The molecular formula is C16H31F2N3O2. The van der Waals surface area contributed by atoms with Gasteiger partial charge in [0.15, 0.2) is 0 Å². The Morgan fingerprint density at radius 1 is 1.22 bits per heavy atom. The molecule has 1 heterocycles. The van der Waals surface area contributed by atoms with Crippen LogP contribution in [0.5, 0.6) is 0 Å². The average Bonchev–Trinajstić information content (AvgIpc) is 2.66. The van der Waals surface area contributed by atoms with Gasteiger partial charge in [0.25, 0.3) is 5.92 Å². The number of likely N-dealkylation sites (tertiary alicyclic amines) is 1. The first-order valence-electron chi connectivity index (χ1n) is 8.42. The zero-order valence-electron chi connectivity index (χ0n) is 14.8. The molecule has 136 valence electrons. The van der Waals surface area contributed by atoms with E-state index in [-0.39, 0.29) is 6.04 Å². The van der Waals surface area contributed by atoms with Gasteiger partial charge >= 0.3 is 6.09 Å². The van der Waals surface area contributed by atoms with Crippen LogP contribution in [0, 0.1) is 0 Å². The predicted octanol–water partition coefficient (Wildman–Crippen LogP) is 2.61. The van der Waals surface area contributed by atoms with Crippen molar-refractivity contribution < 1.29 is 18.3 Å². The molecule has 1 amide bonds. The Balaban J connectivity index is 2.30. The molecule has 0 aromatic heterocycles. The molecule has 1 fully saturated rings. The van der Waals surface area contributed by atoms with E-state index in [4.69, 9.17) is 4.74 Å². The predicted molar refractivity (Wildman–Crippen MR) is 86.9 cm³/mol. The largest absolute Gasteiger partial charge is 0.444 e. The van der Waals surface area contributed by atoms with E-state index in [0.29, 0.717) is 0 Å². The first-order valence-corrected chi connectivity index (χ1v) is 8.42. The van der Waals surface area contributed by atoms with Gasteiger partial charge in [-0.25, -0.2) is 13.6 Å². The summed E-state index contributed by atoms with van der Waals surface area (Å²) in [6.07, 6.45) is 1.99. The number of amides is 1. The summed E-state index contributed by atoms with van der Waals surface area (Å²) in [6, 6.07) is 0.110. The minimum Gasteiger partial charge on any atom is -0.444 e. The third-order valence-electron chi connectivity index (χ3n) is 3.81. The Bertz CT molecular complexity index is 373. The van der Waals surface area contributed by atoms with E-state index in [0.717, 1.165) is 38.9 Å². The van der Waals surface area contributed by atoms with E-state index in [1.807, 2.05) is 0 Å². The molecule has 7 heteroatoms. The summed E-state index contributed by atoms with van der Waals surface area (Å²) in [5, 5.41) is 5.09. The van der Waals surface area contributed by atoms with Gasteiger partial charge in [-0.15, -0.1) is 0 Å². The van der Waals surface area contributed by atoms with Crippen molar-refractivity contribution >= 4 is 6.09 Å². The van der Waals surface area contributed by atoms with Crippen LogP contribution in [-0.4, -0.2) is 61.3 Å². The molecule has 1 saturated heterocycles. The molecule has 1 unspecified atom stereocenters. The molecule has 1 rings (SSSR count). The number of hydrogen-bond acceptors (Lipinski definition) is 4. The number of alkyl halides is 2. The summed E-state index contributed by atoms with van der Waals surface area (Å²) in [7, 11) is 0. The van der Waals surface area contributed by atoms with E-state index < -0.39 is 30.7 Å². The van der Waals surface area contributed by atoms with Gasteiger partial charge < -0.3 is 20.3 Å². The van der Waals surface area contributed by atoms with Crippen molar-refractivity contribution in [2.45, 2.75) is 64.5 Å². The summed E-state index contributed by atoms with van der Waals surface area (Å²) >= 11 is 0. The average molecular weight is 335 g/mol. The number of nitrogens with zero attached hydrogens (tertiary/aromatic N) is 1. The quantitative estimate of drug-likeness (QED) is 0.783. The highest BCUT2D eigenvalue weighted by atomic mass is 19.3. The van der Waals surface area contributed by atoms with Crippen LogP contribution in [-0.2, 0) is 4.74 Å². The molecule has 0 saturated carbocycles. The molecule has 0 bridgehead atoms. The second-order valence-corrected chi connectivity index (χ2v) is 7.15. The maximum atomic E-state index is 13.9. The van der Waals surface area contributed by atoms with Crippen LogP contribution < -0.4 is 10.6 Å². The third-order valence-corrected chi connectivity index (χ3v) is 3.81. The maximum absolute atomic E-state index is 13.9. The van der Waals surface area contributed by atoms with E-state index in [9.17, 15) is 13.6 Å². The number of carbonyl (C=O) groups is 1. The van der Waals surface area contributed by atoms with Gasteiger partial charge in [0.05, 0.1) is 13.1 Å². The normalized spacial score (nSPS) is 20.9. The summed E-state index contributed by atoms with van der Waals surface area (Å²) < 4.78 is 32.7. The van der Waals surface area contributed by atoms with E-state index in [2.05, 4.69) is 22.5 Å². The first-order chi connectivity index (χ1) is 10.6. The second-order valence-electron chi connectivity index (χ2n) is 7.15. The summed E-state index contributed by atoms with van der Waals surface area (Å²) in [5.74, 6) is -2.99. The van der Waals surface area contributed by atoms with Crippen molar-refractivity contribution in [2.75, 3.05) is 32.7 Å². The number of halogens is 2. The zero-order valence-corrected chi connectivity index (χ0v) is 14.8. The van der Waals surface area contributed by atoms with Crippen LogP contribution in [0.15, 0.2) is 0 Å². The van der Waals surface area contributed by atoms with Crippen LogP contribution in [0.1, 0.15) is 47.0 Å². The van der Waals surface area contributed by atoms with Gasteiger partial charge in [-0.1, -0.05) is 6.92 Å². The Kier molecular flexibility index (Phi) is 7.67. The van der Waals surface area contributed by atoms with Crippen molar-refractivity contribution in [3.63, 3.8) is 0 Å². The van der Waals surface area contributed by atoms with Crippen molar-refractivity contribution in [1.82, 2.24) is 15.5 Å². The highest BCUT2D eigenvalue weighted by Gasteiger charge is 2.31. The fraction of sp³-hybridized carbons (Fsp3) is 0.938. The Morgan fingerprint density at radius 3 is 2.52 bits per heavy atom. The zero-order chi connectivity index (χ0) is 17.5. The fourth-order valence-corrected chi connectivity index (χ4v) is 2.55. The van der Waals surface area contributed by atoms with E-state index >= 15 is 0 Å². The Morgan fingerprint density at radius 2 is 1.91 bits per heavy atom. The Labute approximate surface area is 138 Å². The molecular weight excluding hydrogens is 304 g/mol. The highest BCUT2D eigenvalue weighted by molar-refractivity contribution is 5.67. The van der Waals surface area contributed by atoms with Crippen LogP contribution >= 0.6 is 0 Å². The van der Waals surface area contributed by atoms with Crippen molar-refractivity contribution in [1.29, 1.82) is 0 Å². The lowest BCUT2D eigenvalue weighted by atomic mass is 10.1. The summed E-state index contributed by atoms with van der Waals surface area (Å²) in [5.41, 5.74) is -0.691. The van der Waals surface area contributed by atoms with Gasteiger partial charge in [-0.05, 0) is 59.7 Å². The standard InChI is InChI=1S/C16H31F2N3O2/c1-5-21-9-6-7-13(8-10-21)19-11-16(17,18)12-20-14(22)23-15(2,3)4/h13,19H,5-12H2,1-4H3,(H,20,22). The molecule has 0 aromatic rings. The minimum atomic E-state index is -2.99. The molecule has 0 radical (unpaired) electrons. The van der Waals surface area contributed by atoms with Gasteiger partial charge in [0, 0.05) is 6.04 Å². The summed E-state index contributed by atoms with van der Waals surface area (Å²) in [6.45, 7) is 9.02. The van der Waals surface area contributed by atoms with Gasteiger partial charge in [0.2, 0.25) is 0 Å². The lowest BCUT2D eigenvalue weighted by molar-refractivity contribution is -0.00587.